The Balaban J connectivity index is 1.84. The molecular weight excluding hydrogens is 269 g/mol. The van der Waals surface area contributed by atoms with Crippen LogP contribution in [0.15, 0.2) is 29.3 Å². The molecule has 0 aliphatic carbocycles. The van der Waals surface area contributed by atoms with Crippen LogP contribution in [0.1, 0.15) is 26.7 Å². The monoisotopic (exact) mass is 293 g/mol. The van der Waals surface area contributed by atoms with Gasteiger partial charge in [0.1, 0.15) is 6.10 Å². The number of hydrogen-bond donors (Lipinski definition) is 1. The minimum atomic E-state index is -0.355. The van der Waals surface area contributed by atoms with Crippen LogP contribution in [-0.2, 0) is 0 Å². The molecule has 21 heavy (non-hydrogen) atoms. The number of benzene rings is 1. The van der Waals surface area contributed by atoms with Crippen LogP contribution in [0.2, 0.25) is 0 Å². The van der Waals surface area contributed by atoms with Gasteiger partial charge in [-0.1, -0.05) is 19.1 Å². The van der Waals surface area contributed by atoms with Gasteiger partial charge in [0, 0.05) is 13.1 Å². The molecule has 0 amide bonds. The number of nitrogens with two attached hydrogens (primary N) is 1. The van der Waals surface area contributed by atoms with Crippen molar-refractivity contribution in [2.45, 2.75) is 32.8 Å². The number of para-hydroxylation sites is 1. The number of piperidine rings is 1. The van der Waals surface area contributed by atoms with Crippen LogP contribution in [0, 0.1) is 11.7 Å². The lowest BCUT2D eigenvalue weighted by Gasteiger charge is -2.31. The van der Waals surface area contributed by atoms with Crippen molar-refractivity contribution in [2.24, 2.45) is 16.6 Å². The van der Waals surface area contributed by atoms with Gasteiger partial charge in [0.15, 0.2) is 17.5 Å². The van der Waals surface area contributed by atoms with Crippen LogP contribution in [0.4, 0.5) is 4.39 Å². The molecule has 1 aliphatic rings. The lowest BCUT2D eigenvalue weighted by molar-refractivity contribution is 0.218. The number of guanidine groups is 1. The van der Waals surface area contributed by atoms with Crippen molar-refractivity contribution >= 4 is 5.96 Å². The summed E-state index contributed by atoms with van der Waals surface area (Å²) < 4.78 is 19.0. The molecule has 2 N–H and O–H groups in total. The first-order valence-corrected chi connectivity index (χ1v) is 7.52. The molecule has 1 aliphatic heterocycles. The SMILES string of the molecule is CC1CCN(C(N)=NCC(C)Oc2ccccc2F)CC1. The highest BCUT2D eigenvalue weighted by atomic mass is 19.1. The molecule has 1 heterocycles. The van der Waals surface area contributed by atoms with E-state index < -0.39 is 0 Å². The van der Waals surface area contributed by atoms with E-state index in [-0.39, 0.29) is 17.7 Å². The standard InChI is InChI=1S/C16H24FN3O/c1-12-7-9-20(10-8-12)16(18)19-11-13(2)21-15-6-4-3-5-14(15)17/h3-6,12-13H,7-11H2,1-2H3,(H2,18,19). The van der Waals surface area contributed by atoms with E-state index in [4.69, 9.17) is 10.5 Å². The molecule has 0 saturated carbocycles. The first-order chi connectivity index (χ1) is 10.1. The molecule has 2 rings (SSSR count). The summed E-state index contributed by atoms with van der Waals surface area (Å²) in [6.07, 6.45) is 2.08. The lowest BCUT2D eigenvalue weighted by Crippen LogP contribution is -2.43. The number of nitrogens with zero attached hydrogens (tertiary/aromatic N) is 2. The minimum Gasteiger partial charge on any atom is -0.486 e. The van der Waals surface area contributed by atoms with E-state index in [1.54, 1.807) is 18.2 Å². The van der Waals surface area contributed by atoms with Gasteiger partial charge in [-0.25, -0.2) is 9.38 Å². The van der Waals surface area contributed by atoms with E-state index in [1.807, 2.05) is 6.92 Å². The molecule has 1 aromatic rings. The van der Waals surface area contributed by atoms with Gasteiger partial charge < -0.3 is 15.4 Å². The Bertz CT molecular complexity index is 484. The number of hydrogen-bond acceptors (Lipinski definition) is 2. The first-order valence-electron chi connectivity index (χ1n) is 7.52. The van der Waals surface area contributed by atoms with Crippen molar-refractivity contribution in [2.75, 3.05) is 19.6 Å². The fraction of sp³-hybridized carbons (Fsp3) is 0.562. The zero-order valence-corrected chi connectivity index (χ0v) is 12.8. The highest BCUT2D eigenvalue weighted by Crippen LogP contribution is 2.17. The van der Waals surface area contributed by atoms with Crippen molar-refractivity contribution < 1.29 is 9.13 Å². The summed E-state index contributed by atoms with van der Waals surface area (Å²) in [6.45, 7) is 6.46. The van der Waals surface area contributed by atoms with Gasteiger partial charge in [0.25, 0.3) is 0 Å². The smallest absolute Gasteiger partial charge is 0.191 e. The van der Waals surface area contributed by atoms with Crippen molar-refractivity contribution in [3.05, 3.63) is 30.1 Å². The Labute approximate surface area is 125 Å². The van der Waals surface area contributed by atoms with Gasteiger partial charge in [-0.15, -0.1) is 0 Å². The van der Waals surface area contributed by atoms with Gasteiger partial charge >= 0.3 is 0 Å². The number of rotatable bonds is 4. The third-order valence-electron chi connectivity index (χ3n) is 3.78. The summed E-state index contributed by atoms with van der Waals surface area (Å²) in [4.78, 5) is 6.48. The molecular formula is C16H24FN3O. The topological polar surface area (TPSA) is 50.8 Å². The maximum Gasteiger partial charge on any atom is 0.191 e. The summed E-state index contributed by atoms with van der Waals surface area (Å²) in [5.74, 6) is 1.22. The molecule has 0 spiro atoms. The van der Waals surface area contributed by atoms with Gasteiger partial charge in [0.05, 0.1) is 6.54 Å². The quantitative estimate of drug-likeness (QED) is 0.686. The van der Waals surface area contributed by atoms with Crippen molar-refractivity contribution in [3.8, 4) is 5.75 Å². The van der Waals surface area contributed by atoms with Gasteiger partial charge in [-0.3, -0.25) is 0 Å². The largest absolute Gasteiger partial charge is 0.486 e. The predicted molar refractivity (Wildman–Crippen MR) is 83.0 cm³/mol. The number of halogens is 1. The number of aliphatic imine (C=N–C) groups is 1. The molecule has 116 valence electrons. The van der Waals surface area contributed by atoms with E-state index in [2.05, 4.69) is 16.8 Å². The first kappa shape index (κ1) is 15.6. The summed E-state index contributed by atoms with van der Waals surface area (Å²) in [6, 6.07) is 6.39. The van der Waals surface area contributed by atoms with Crippen LogP contribution in [0.5, 0.6) is 5.75 Å². The Morgan fingerprint density at radius 3 is 2.76 bits per heavy atom. The van der Waals surface area contributed by atoms with Gasteiger partial charge in [-0.05, 0) is 37.8 Å². The maximum atomic E-state index is 13.5. The highest BCUT2D eigenvalue weighted by Gasteiger charge is 2.17. The molecule has 1 unspecified atom stereocenters. The Hall–Kier alpha value is -1.78. The molecule has 5 heteroatoms. The third kappa shape index (κ3) is 4.62. The minimum absolute atomic E-state index is 0.218. The normalized spacial score (nSPS) is 18.6. The van der Waals surface area contributed by atoms with Gasteiger partial charge in [-0.2, -0.15) is 0 Å². The second-order valence-corrected chi connectivity index (χ2v) is 5.73. The molecule has 1 fully saturated rings. The van der Waals surface area contributed by atoms with Crippen molar-refractivity contribution in [3.63, 3.8) is 0 Å². The average molecular weight is 293 g/mol. The molecule has 0 radical (unpaired) electrons. The molecule has 0 aromatic heterocycles. The number of ether oxygens (including phenoxy) is 1. The van der Waals surface area contributed by atoms with Crippen LogP contribution in [-0.4, -0.2) is 36.6 Å². The summed E-state index contributed by atoms with van der Waals surface area (Å²) in [5, 5.41) is 0. The van der Waals surface area contributed by atoms with E-state index in [0.29, 0.717) is 12.5 Å². The van der Waals surface area contributed by atoms with E-state index in [9.17, 15) is 4.39 Å². The second-order valence-electron chi connectivity index (χ2n) is 5.73. The molecule has 0 bridgehead atoms. The Morgan fingerprint density at radius 2 is 2.10 bits per heavy atom. The second kappa shape index (κ2) is 7.29. The van der Waals surface area contributed by atoms with Gasteiger partial charge in [0.2, 0.25) is 0 Å². The van der Waals surface area contributed by atoms with Crippen LogP contribution in [0.25, 0.3) is 0 Å². The Morgan fingerprint density at radius 1 is 1.43 bits per heavy atom. The van der Waals surface area contributed by atoms with Crippen LogP contribution >= 0.6 is 0 Å². The van der Waals surface area contributed by atoms with E-state index in [0.717, 1.165) is 31.8 Å². The van der Waals surface area contributed by atoms with Crippen LogP contribution < -0.4 is 10.5 Å². The van der Waals surface area contributed by atoms with E-state index >= 15 is 0 Å². The fourth-order valence-corrected chi connectivity index (χ4v) is 2.35. The predicted octanol–water partition coefficient (Wildman–Crippen LogP) is 2.64. The van der Waals surface area contributed by atoms with Crippen LogP contribution in [0.3, 0.4) is 0 Å². The fourth-order valence-electron chi connectivity index (χ4n) is 2.35. The lowest BCUT2D eigenvalue weighted by atomic mass is 10.00. The third-order valence-corrected chi connectivity index (χ3v) is 3.78. The van der Waals surface area contributed by atoms with Crippen molar-refractivity contribution in [1.29, 1.82) is 0 Å². The van der Waals surface area contributed by atoms with E-state index in [1.165, 1.54) is 6.07 Å². The average Bonchev–Trinajstić information content (AvgIpc) is 2.48. The summed E-state index contributed by atoms with van der Waals surface area (Å²) in [5.41, 5.74) is 6.01. The number of likely N-dealkylation sites (tertiary alicyclic amines) is 1. The van der Waals surface area contributed by atoms with Crippen molar-refractivity contribution in [1.82, 2.24) is 4.90 Å². The highest BCUT2D eigenvalue weighted by molar-refractivity contribution is 5.78. The maximum absolute atomic E-state index is 13.5. The molecule has 1 atom stereocenters. The molecule has 1 saturated heterocycles. The zero-order chi connectivity index (χ0) is 15.2. The molecule has 1 aromatic carbocycles. The molecule has 4 nitrogen and oxygen atoms in total. The summed E-state index contributed by atoms with van der Waals surface area (Å²) in [7, 11) is 0. The Kier molecular flexibility index (Phi) is 5.42. The summed E-state index contributed by atoms with van der Waals surface area (Å²) >= 11 is 0. The zero-order valence-electron chi connectivity index (χ0n) is 12.8.